The van der Waals surface area contributed by atoms with Crippen LogP contribution in [0.25, 0.3) is 11.3 Å². The van der Waals surface area contributed by atoms with Crippen LogP contribution in [0.2, 0.25) is 5.02 Å². The van der Waals surface area contributed by atoms with Crippen molar-refractivity contribution in [3.63, 3.8) is 0 Å². The fourth-order valence-corrected chi connectivity index (χ4v) is 1.95. The minimum Gasteiger partial charge on any atom is -0.506 e. The Hall–Kier alpha value is -2.01. The molecule has 0 saturated carbocycles. The first kappa shape index (κ1) is 13.4. The molecule has 19 heavy (non-hydrogen) atoms. The average molecular weight is 281 g/mol. The van der Waals surface area contributed by atoms with E-state index in [1.54, 1.807) is 12.1 Å². The van der Waals surface area contributed by atoms with Gasteiger partial charge in [0.1, 0.15) is 11.4 Å². The van der Waals surface area contributed by atoms with Gasteiger partial charge < -0.3 is 10.2 Å². The van der Waals surface area contributed by atoms with E-state index in [1.165, 1.54) is 6.07 Å². The Balaban J connectivity index is 2.56. The van der Waals surface area contributed by atoms with Crippen LogP contribution in [0.4, 0.5) is 0 Å². The second-order valence-corrected chi connectivity index (χ2v) is 4.93. The monoisotopic (exact) mass is 280 g/mol. The summed E-state index contributed by atoms with van der Waals surface area (Å²) in [5.41, 5.74) is 1.66. The van der Waals surface area contributed by atoms with E-state index in [1.807, 2.05) is 13.8 Å². The number of carboxylic acid groups (broad SMARTS) is 1. The van der Waals surface area contributed by atoms with E-state index in [-0.39, 0.29) is 22.4 Å². The maximum atomic E-state index is 10.8. The van der Waals surface area contributed by atoms with Crippen molar-refractivity contribution >= 4 is 17.6 Å². The number of hydrogen-bond acceptors (Lipinski definition) is 3. The number of benzene rings is 1. The van der Waals surface area contributed by atoms with Crippen LogP contribution in [0.15, 0.2) is 18.2 Å². The highest BCUT2D eigenvalue weighted by Gasteiger charge is 2.16. The summed E-state index contributed by atoms with van der Waals surface area (Å²) in [6.07, 6.45) is 0. The van der Waals surface area contributed by atoms with Crippen molar-refractivity contribution in [2.75, 3.05) is 0 Å². The van der Waals surface area contributed by atoms with Gasteiger partial charge in [-0.3, -0.25) is 5.10 Å². The molecule has 0 bridgehead atoms. The van der Waals surface area contributed by atoms with Gasteiger partial charge in [0.2, 0.25) is 0 Å². The second kappa shape index (κ2) is 4.93. The van der Waals surface area contributed by atoms with Crippen LogP contribution in [-0.2, 0) is 0 Å². The highest BCUT2D eigenvalue weighted by molar-refractivity contribution is 6.32. The maximum Gasteiger partial charge on any atom is 0.353 e. The van der Waals surface area contributed by atoms with Crippen molar-refractivity contribution in [2.45, 2.75) is 19.8 Å². The number of aromatic nitrogens is 2. The zero-order valence-electron chi connectivity index (χ0n) is 10.4. The van der Waals surface area contributed by atoms with Gasteiger partial charge in [-0.15, -0.1) is 0 Å². The van der Waals surface area contributed by atoms with Gasteiger partial charge in [0.05, 0.1) is 10.7 Å². The number of aromatic amines is 1. The van der Waals surface area contributed by atoms with E-state index in [4.69, 9.17) is 16.7 Å². The fraction of sp³-hybridized carbons (Fsp3) is 0.231. The number of aromatic hydroxyl groups is 1. The molecule has 0 aliphatic heterocycles. The third-order valence-corrected chi connectivity index (χ3v) is 3.12. The summed E-state index contributed by atoms with van der Waals surface area (Å²) in [6.45, 7) is 4.00. The molecule has 1 aromatic heterocycles. The summed E-state index contributed by atoms with van der Waals surface area (Å²) in [7, 11) is 0. The molecular weight excluding hydrogens is 268 g/mol. The highest BCUT2D eigenvalue weighted by Crippen LogP contribution is 2.37. The van der Waals surface area contributed by atoms with Crippen LogP contribution in [0.1, 0.15) is 35.8 Å². The Morgan fingerprint density at radius 2 is 2.05 bits per heavy atom. The van der Waals surface area contributed by atoms with Gasteiger partial charge in [0.15, 0.2) is 0 Å². The van der Waals surface area contributed by atoms with E-state index in [0.29, 0.717) is 11.3 Å². The number of phenolic OH excluding ortho intramolecular Hbond substituents is 1. The quantitative estimate of drug-likeness (QED) is 0.805. The van der Waals surface area contributed by atoms with E-state index >= 15 is 0 Å². The standard InChI is InChI=1S/C13H13ClN2O3/c1-6(2)7-3-8(12(17)9(14)4-7)10-5-11(13(18)19)16-15-10/h3-6,17H,1-2H3,(H,15,16)(H,18,19). The van der Waals surface area contributed by atoms with Gasteiger partial charge in [0, 0.05) is 5.56 Å². The van der Waals surface area contributed by atoms with Gasteiger partial charge in [-0.25, -0.2) is 4.79 Å². The Kier molecular flexibility index (Phi) is 3.48. The number of H-pyrrole nitrogens is 1. The molecule has 6 heteroatoms. The van der Waals surface area contributed by atoms with E-state index < -0.39 is 5.97 Å². The SMILES string of the molecule is CC(C)c1cc(Cl)c(O)c(-c2cc(C(=O)O)[nH]n2)c1. The molecule has 0 radical (unpaired) electrons. The number of hydrogen-bond donors (Lipinski definition) is 3. The number of aromatic carboxylic acids is 1. The second-order valence-electron chi connectivity index (χ2n) is 4.53. The number of halogens is 1. The number of phenols is 1. The summed E-state index contributed by atoms with van der Waals surface area (Å²) in [4.78, 5) is 10.8. The Labute approximate surface area is 114 Å². The maximum absolute atomic E-state index is 10.8. The minimum atomic E-state index is -1.11. The Bertz CT molecular complexity index is 635. The molecule has 0 aliphatic rings. The molecule has 3 N–H and O–H groups in total. The zero-order chi connectivity index (χ0) is 14.2. The molecule has 0 fully saturated rings. The Morgan fingerprint density at radius 1 is 1.37 bits per heavy atom. The normalized spacial score (nSPS) is 10.9. The molecule has 100 valence electrons. The summed E-state index contributed by atoms with van der Waals surface area (Å²) in [6, 6.07) is 4.81. The zero-order valence-corrected chi connectivity index (χ0v) is 11.2. The summed E-state index contributed by atoms with van der Waals surface area (Å²) in [5, 5.41) is 25.3. The van der Waals surface area contributed by atoms with E-state index in [0.717, 1.165) is 5.56 Å². The molecular formula is C13H13ClN2O3. The van der Waals surface area contributed by atoms with Gasteiger partial charge >= 0.3 is 5.97 Å². The van der Waals surface area contributed by atoms with Gasteiger partial charge in [-0.1, -0.05) is 25.4 Å². The molecule has 2 aromatic rings. The van der Waals surface area contributed by atoms with Crippen LogP contribution < -0.4 is 0 Å². The van der Waals surface area contributed by atoms with Gasteiger partial charge in [0.25, 0.3) is 0 Å². The lowest BCUT2D eigenvalue weighted by molar-refractivity contribution is 0.0690. The Morgan fingerprint density at radius 3 is 2.58 bits per heavy atom. The van der Waals surface area contributed by atoms with Crippen molar-refractivity contribution in [3.8, 4) is 17.0 Å². The summed E-state index contributed by atoms with van der Waals surface area (Å²) >= 11 is 5.98. The lowest BCUT2D eigenvalue weighted by Gasteiger charge is -2.10. The number of nitrogens with one attached hydrogen (secondary N) is 1. The summed E-state index contributed by atoms with van der Waals surface area (Å²) < 4.78 is 0. The first-order valence-electron chi connectivity index (χ1n) is 5.71. The highest BCUT2D eigenvalue weighted by atomic mass is 35.5. The third-order valence-electron chi connectivity index (χ3n) is 2.84. The first-order chi connectivity index (χ1) is 8.90. The predicted molar refractivity (Wildman–Crippen MR) is 71.7 cm³/mol. The predicted octanol–water partition coefficient (Wildman–Crippen LogP) is 3.26. The van der Waals surface area contributed by atoms with Crippen molar-refractivity contribution < 1.29 is 15.0 Å². The van der Waals surface area contributed by atoms with Crippen LogP contribution in [-0.4, -0.2) is 26.4 Å². The van der Waals surface area contributed by atoms with Crippen molar-refractivity contribution in [1.29, 1.82) is 0 Å². The number of rotatable bonds is 3. The van der Waals surface area contributed by atoms with Crippen LogP contribution in [0.3, 0.4) is 0 Å². The summed E-state index contributed by atoms with van der Waals surface area (Å²) in [5.74, 6) is -0.978. The molecule has 2 rings (SSSR count). The number of carboxylic acids is 1. The molecule has 0 saturated heterocycles. The van der Waals surface area contributed by atoms with Crippen molar-refractivity contribution in [2.24, 2.45) is 0 Å². The van der Waals surface area contributed by atoms with Crippen LogP contribution in [0.5, 0.6) is 5.75 Å². The molecule has 0 amide bonds. The van der Waals surface area contributed by atoms with Gasteiger partial charge in [-0.05, 0) is 29.7 Å². The lowest BCUT2D eigenvalue weighted by atomic mass is 9.99. The van der Waals surface area contributed by atoms with Gasteiger partial charge in [-0.2, -0.15) is 5.10 Å². The average Bonchev–Trinajstić information content (AvgIpc) is 2.81. The number of nitrogens with zero attached hydrogens (tertiary/aromatic N) is 1. The smallest absolute Gasteiger partial charge is 0.353 e. The minimum absolute atomic E-state index is 0.0412. The largest absolute Gasteiger partial charge is 0.506 e. The number of carbonyl (C=O) groups is 1. The van der Waals surface area contributed by atoms with Crippen LogP contribution >= 0.6 is 11.6 Å². The first-order valence-corrected chi connectivity index (χ1v) is 6.09. The molecule has 0 aliphatic carbocycles. The fourth-order valence-electron chi connectivity index (χ4n) is 1.72. The molecule has 5 nitrogen and oxygen atoms in total. The van der Waals surface area contributed by atoms with Crippen molar-refractivity contribution in [3.05, 3.63) is 34.5 Å². The topological polar surface area (TPSA) is 86.2 Å². The van der Waals surface area contributed by atoms with Crippen LogP contribution in [0, 0.1) is 0 Å². The third kappa shape index (κ3) is 2.56. The lowest BCUT2D eigenvalue weighted by Crippen LogP contribution is -1.95. The molecule has 1 aromatic carbocycles. The van der Waals surface area contributed by atoms with E-state index in [2.05, 4.69) is 10.2 Å². The molecule has 0 unspecified atom stereocenters. The van der Waals surface area contributed by atoms with Crippen molar-refractivity contribution in [1.82, 2.24) is 10.2 Å². The molecule has 0 atom stereocenters. The van der Waals surface area contributed by atoms with E-state index in [9.17, 15) is 9.90 Å². The molecule has 1 heterocycles. The molecule has 0 spiro atoms.